The Hall–Kier alpha value is -3.09. The first kappa shape index (κ1) is 16.8. The number of benzene rings is 2. The van der Waals surface area contributed by atoms with Crippen LogP contribution in [0.25, 0.3) is 22.1 Å². The minimum atomic E-state index is -5.02. The molecule has 128 valence electrons. The molecule has 3 rings (SSSR count). The molecule has 3 aromatic rings. The number of nitrogens with zero attached hydrogens (tertiary/aromatic N) is 1. The van der Waals surface area contributed by atoms with Crippen LogP contribution in [-0.2, 0) is 4.79 Å². The van der Waals surface area contributed by atoms with Crippen LogP contribution in [-0.4, -0.2) is 19.1 Å². The van der Waals surface area contributed by atoms with Gasteiger partial charge in [0.05, 0.1) is 11.3 Å². The fraction of sp³-hybridized carbons (Fsp3) is 0.111. The Morgan fingerprint density at radius 2 is 1.64 bits per heavy atom. The van der Waals surface area contributed by atoms with E-state index in [-0.39, 0.29) is 16.8 Å². The lowest BCUT2D eigenvalue weighted by Crippen LogP contribution is -2.38. The van der Waals surface area contributed by atoms with Gasteiger partial charge in [-0.2, -0.15) is 13.2 Å². The molecule has 0 radical (unpaired) electrons. The van der Waals surface area contributed by atoms with Gasteiger partial charge in [0, 0.05) is 18.0 Å². The summed E-state index contributed by atoms with van der Waals surface area (Å²) in [6.45, 7) is 0. The van der Waals surface area contributed by atoms with Gasteiger partial charge in [-0.15, -0.1) is 0 Å². The van der Waals surface area contributed by atoms with Crippen molar-refractivity contribution in [1.29, 1.82) is 0 Å². The molecule has 0 unspecified atom stereocenters. The average molecular weight is 347 g/mol. The van der Waals surface area contributed by atoms with Crippen LogP contribution in [0.4, 0.5) is 18.9 Å². The zero-order chi connectivity index (χ0) is 18.2. The van der Waals surface area contributed by atoms with Crippen LogP contribution in [0.2, 0.25) is 0 Å². The Kier molecular flexibility index (Phi) is 4.08. The lowest BCUT2D eigenvalue weighted by Gasteiger charge is -2.21. The number of fused-ring (bicyclic) bond motifs is 1. The van der Waals surface area contributed by atoms with Crippen LogP contribution >= 0.6 is 0 Å². The fourth-order valence-electron chi connectivity index (χ4n) is 2.54. The summed E-state index contributed by atoms with van der Waals surface area (Å²) in [4.78, 5) is 24.3. The molecule has 0 aliphatic carbocycles. The smallest absolute Gasteiger partial charge is 0.422 e. The highest BCUT2D eigenvalue weighted by molar-refractivity contribution is 6.00. The number of alkyl halides is 3. The number of carbonyl (C=O) groups excluding carboxylic acids is 1. The molecule has 0 aliphatic heterocycles. The zero-order valence-corrected chi connectivity index (χ0v) is 13.0. The van der Waals surface area contributed by atoms with Crippen molar-refractivity contribution in [3.63, 3.8) is 0 Å². The third-order valence-electron chi connectivity index (χ3n) is 3.74. The second kappa shape index (κ2) is 6.08. The summed E-state index contributed by atoms with van der Waals surface area (Å²) in [5.74, 6) is -2.02. The third-order valence-corrected chi connectivity index (χ3v) is 3.74. The average Bonchev–Trinajstić information content (AvgIpc) is 2.59. The van der Waals surface area contributed by atoms with Gasteiger partial charge in [-0.05, 0) is 18.2 Å². The SMILES string of the molecule is CN(C(=O)C(F)(F)F)c1ccccc1-c1cc2ccccc2oc1=O. The molecule has 1 heterocycles. The summed E-state index contributed by atoms with van der Waals surface area (Å²) in [5.41, 5.74) is -0.0990. The Morgan fingerprint density at radius 3 is 2.36 bits per heavy atom. The van der Waals surface area contributed by atoms with Crippen LogP contribution < -0.4 is 10.5 Å². The highest BCUT2D eigenvalue weighted by Crippen LogP contribution is 2.32. The van der Waals surface area contributed by atoms with Crippen molar-refractivity contribution in [2.45, 2.75) is 6.18 Å². The van der Waals surface area contributed by atoms with Gasteiger partial charge in [-0.3, -0.25) is 4.79 Å². The minimum absolute atomic E-state index is 0.0348. The van der Waals surface area contributed by atoms with Crippen molar-refractivity contribution in [3.05, 3.63) is 65.0 Å². The summed E-state index contributed by atoms with van der Waals surface area (Å²) < 4.78 is 43.4. The van der Waals surface area contributed by atoms with Gasteiger partial charge in [-0.25, -0.2) is 4.79 Å². The molecule has 0 aliphatic rings. The molecule has 0 saturated carbocycles. The van der Waals surface area contributed by atoms with E-state index in [9.17, 15) is 22.8 Å². The first-order valence-corrected chi connectivity index (χ1v) is 7.26. The van der Waals surface area contributed by atoms with Crippen molar-refractivity contribution in [2.24, 2.45) is 0 Å². The van der Waals surface area contributed by atoms with E-state index in [1.165, 1.54) is 24.3 Å². The summed E-state index contributed by atoms with van der Waals surface area (Å²) in [7, 11) is 1.01. The van der Waals surface area contributed by atoms with Crippen LogP contribution in [0.5, 0.6) is 0 Å². The monoisotopic (exact) mass is 347 g/mol. The van der Waals surface area contributed by atoms with E-state index in [1.807, 2.05) is 0 Å². The number of anilines is 1. The second-order valence-electron chi connectivity index (χ2n) is 5.36. The molecular weight excluding hydrogens is 335 g/mol. The van der Waals surface area contributed by atoms with Crippen LogP contribution in [0.1, 0.15) is 0 Å². The number of amides is 1. The third kappa shape index (κ3) is 3.13. The predicted molar refractivity (Wildman–Crippen MR) is 87.4 cm³/mol. The summed E-state index contributed by atoms with van der Waals surface area (Å²) in [6, 6.07) is 14.2. The molecule has 0 spiro atoms. The Balaban J connectivity index is 2.18. The molecule has 25 heavy (non-hydrogen) atoms. The maximum atomic E-state index is 12.7. The van der Waals surface area contributed by atoms with E-state index in [1.54, 1.807) is 30.3 Å². The van der Waals surface area contributed by atoms with Crippen molar-refractivity contribution < 1.29 is 22.4 Å². The quantitative estimate of drug-likeness (QED) is 0.659. The van der Waals surface area contributed by atoms with Crippen molar-refractivity contribution >= 4 is 22.6 Å². The van der Waals surface area contributed by atoms with Crippen LogP contribution in [0.3, 0.4) is 0 Å². The maximum Gasteiger partial charge on any atom is 0.471 e. The molecule has 1 amide bonds. The van der Waals surface area contributed by atoms with Crippen molar-refractivity contribution in [3.8, 4) is 11.1 Å². The number of para-hydroxylation sites is 2. The Morgan fingerprint density at radius 1 is 1.00 bits per heavy atom. The van der Waals surface area contributed by atoms with Gasteiger partial charge >= 0.3 is 17.7 Å². The first-order chi connectivity index (χ1) is 11.8. The molecule has 0 bridgehead atoms. The van der Waals surface area contributed by atoms with Gasteiger partial charge in [0.15, 0.2) is 0 Å². The standard InChI is InChI=1S/C18H12F3NO3/c1-22(17(24)18(19,20)21)14-8-4-3-7-12(14)13-10-11-6-2-5-9-15(11)25-16(13)23/h2-10H,1H3. The van der Waals surface area contributed by atoms with Crippen molar-refractivity contribution in [2.75, 3.05) is 11.9 Å². The topological polar surface area (TPSA) is 50.5 Å². The highest BCUT2D eigenvalue weighted by atomic mass is 19.4. The first-order valence-electron chi connectivity index (χ1n) is 7.26. The van der Waals surface area contributed by atoms with Gasteiger partial charge in [-0.1, -0.05) is 36.4 Å². The minimum Gasteiger partial charge on any atom is -0.422 e. The number of halogens is 3. The van der Waals surface area contributed by atoms with E-state index in [2.05, 4.69) is 0 Å². The summed E-state index contributed by atoms with van der Waals surface area (Å²) in [6.07, 6.45) is -5.02. The van der Waals surface area contributed by atoms with Crippen LogP contribution in [0, 0.1) is 0 Å². The molecule has 7 heteroatoms. The number of rotatable bonds is 2. The van der Waals surface area contributed by atoms with E-state index >= 15 is 0 Å². The molecule has 0 fully saturated rings. The molecular formula is C18H12F3NO3. The predicted octanol–water partition coefficient (Wildman–Crippen LogP) is 3.99. The molecule has 4 nitrogen and oxygen atoms in total. The number of carbonyl (C=O) groups is 1. The fourth-order valence-corrected chi connectivity index (χ4v) is 2.54. The van der Waals surface area contributed by atoms with Crippen molar-refractivity contribution in [1.82, 2.24) is 0 Å². The Bertz CT molecular complexity index is 1010. The van der Waals surface area contributed by atoms with E-state index in [0.717, 1.165) is 7.05 Å². The number of hydrogen-bond acceptors (Lipinski definition) is 3. The van der Waals surface area contributed by atoms with E-state index < -0.39 is 17.7 Å². The van der Waals surface area contributed by atoms with E-state index in [4.69, 9.17) is 4.42 Å². The zero-order valence-electron chi connectivity index (χ0n) is 13.0. The summed E-state index contributed by atoms with van der Waals surface area (Å²) >= 11 is 0. The molecule has 0 N–H and O–H groups in total. The lowest BCUT2D eigenvalue weighted by atomic mass is 10.0. The van der Waals surface area contributed by atoms with Crippen LogP contribution in [0.15, 0.2) is 63.8 Å². The lowest BCUT2D eigenvalue weighted by molar-refractivity contribution is -0.170. The summed E-state index contributed by atoms with van der Waals surface area (Å²) in [5, 5.41) is 0.622. The molecule has 2 aromatic carbocycles. The molecule has 0 atom stereocenters. The Labute approximate surface area is 140 Å². The van der Waals surface area contributed by atoms with E-state index in [0.29, 0.717) is 15.9 Å². The van der Waals surface area contributed by atoms with Gasteiger partial charge in [0.25, 0.3) is 0 Å². The normalized spacial score (nSPS) is 11.5. The second-order valence-corrected chi connectivity index (χ2v) is 5.36. The largest absolute Gasteiger partial charge is 0.471 e. The van der Waals surface area contributed by atoms with Gasteiger partial charge in [0.2, 0.25) is 0 Å². The maximum absolute atomic E-state index is 12.7. The highest BCUT2D eigenvalue weighted by Gasteiger charge is 2.42. The van der Waals surface area contributed by atoms with Gasteiger partial charge < -0.3 is 9.32 Å². The number of hydrogen-bond donors (Lipinski definition) is 0. The molecule has 1 aromatic heterocycles. The molecule has 0 saturated heterocycles. The van der Waals surface area contributed by atoms with Gasteiger partial charge in [0.1, 0.15) is 5.58 Å².